The van der Waals surface area contributed by atoms with E-state index in [1.54, 1.807) is 0 Å². The predicted octanol–water partition coefficient (Wildman–Crippen LogP) is 3.11. The van der Waals surface area contributed by atoms with Gasteiger partial charge in [0.2, 0.25) is 0 Å². The van der Waals surface area contributed by atoms with Crippen molar-refractivity contribution in [3.05, 3.63) is 21.2 Å². The van der Waals surface area contributed by atoms with Crippen molar-refractivity contribution in [2.24, 2.45) is 5.41 Å². The molecular weight excluding hydrogens is 262 g/mol. The van der Waals surface area contributed by atoms with Gasteiger partial charge in [-0.2, -0.15) is 0 Å². The minimum atomic E-state index is 0.150. The van der Waals surface area contributed by atoms with Gasteiger partial charge in [0, 0.05) is 23.5 Å². The second kappa shape index (κ2) is 5.12. The van der Waals surface area contributed by atoms with Crippen molar-refractivity contribution in [2.75, 3.05) is 5.33 Å². The molecule has 14 heavy (non-hydrogen) atoms. The summed E-state index contributed by atoms with van der Waals surface area (Å²) in [7, 11) is 0. The molecule has 1 rings (SSSR count). The largest absolute Gasteiger partial charge is 0.307 e. The lowest BCUT2D eigenvalue weighted by molar-refractivity contribution is 0.258. The lowest BCUT2D eigenvalue weighted by atomic mass is 9.84. The summed E-state index contributed by atoms with van der Waals surface area (Å²) in [6.45, 7) is 5.19. The number of alkyl halides is 1. The molecule has 0 radical (unpaired) electrons. The Morgan fingerprint density at radius 1 is 1.50 bits per heavy atom. The number of nitrogens with zero attached hydrogens (tertiary/aromatic N) is 1. The lowest BCUT2D eigenvalue weighted by Crippen LogP contribution is -2.30. The fraction of sp³-hybridized carbons (Fsp3) is 0.700. The van der Waals surface area contributed by atoms with Crippen molar-refractivity contribution in [1.29, 1.82) is 0 Å². The van der Waals surface area contributed by atoms with E-state index in [0.717, 1.165) is 24.7 Å². The summed E-state index contributed by atoms with van der Waals surface area (Å²) in [5.74, 6) is 0. The summed E-state index contributed by atoms with van der Waals surface area (Å²) in [6.07, 6.45) is 4.07. The molecule has 1 aromatic heterocycles. The third kappa shape index (κ3) is 2.48. The average molecular weight is 278 g/mol. The molecular formula is C10H16BrNOS. The van der Waals surface area contributed by atoms with Gasteiger partial charge in [-0.05, 0) is 18.3 Å². The maximum absolute atomic E-state index is 11.4. The Labute approximate surface area is 97.1 Å². The van der Waals surface area contributed by atoms with Crippen LogP contribution < -0.4 is 4.87 Å². The molecule has 1 aromatic rings. The maximum atomic E-state index is 11.4. The number of halogens is 1. The zero-order valence-electron chi connectivity index (χ0n) is 8.62. The SMILES string of the molecule is CCC(CC)(CBr)Cn1ccsc1=O. The van der Waals surface area contributed by atoms with Crippen molar-refractivity contribution in [3.63, 3.8) is 0 Å². The van der Waals surface area contributed by atoms with Crippen molar-refractivity contribution in [2.45, 2.75) is 33.2 Å². The van der Waals surface area contributed by atoms with E-state index in [9.17, 15) is 4.79 Å². The minimum absolute atomic E-state index is 0.150. The minimum Gasteiger partial charge on any atom is -0.305 e. The molecule has 2 nitrogen and oxygen atoms in total. The van der Waals surface area contributed by atoms with Crippen molar-refractivity contribution in [3.8, 4) is 0 Å². The third-order valence-electron chi connectivity index (χ3n) is 2.93. The standard InChI is InChI=1S/C10H16BrNOS/c1-3-10(4-2,7-11)8-12-5-6-14-9(12)13/h5-6H,3-4,7-8H2,1-2H3. The summed E-state index contributed by atoms with van der Waals surface area (Å²) in [5, 5.41) is 2.81. The van der Waals surface area contributed by atoms with Crippen LogP contribution >= 0.6 is 27.3 Å². The van der Waals surface area contributed by atoms with Crippen LogP contribution in [0.5, 0.6) is 0 Å². The molecule has 80 valence electrons. The first kappa shape index (κ1) is 12.0. The molecule has 0 bridgehead atoms. The molecule has 0 fully saturated rings. The Hall–Kier alpha value is -0.0900. The zero-order valence-corrected chi connectivity index (χ0v) is 11.0. The number of hydrogen-bond donors (Lipinski definition) is 0. The first-order valence-electron chi connectivity index (χ1n) is 4.87. The first-order valence-corrected chi connectivity index (χ1v) is 6.87. The van der Waals surface area contributed by atoms with Gasteiger partial charge in [0.05, 0.1) is 0 Å². The van der Waals surface area contributed by atoms with Gasteiger partial charge in [0.15, 0.2) is 0 Å². The highest BCUT2D eigenvalue weighted by molar-refractivity contribution is 9.09. The van der Waals surface area contributed by atoms with Gasteiger partial charge in [-0.15, -0.1) is 0 Å². The number of aromatic nitrogens is 1. The second-order valence-electron chi connectivity index (χ2n) is 3.64. The van der Waals surface area contributed by atoms with Crippen LogP contribution in [0.1, 0.15) is 26.7 Å². The summed E-state index contributed by atoms with van der Waals surface area (Å²) < 4.78 is 1.82. The van der Waals surface area contributed by atoms with Crippen LogP contribution in [0.2, 0.25) is 0 Å². The molecule has 0 aliphatic carbocycles. The normalized spacial score (nSPS) is 11.9. The Kier molecular flexibility index (Phi) is 4.38. The van der Waals surface area contributed by atoms with E-state index in [-0.39, 0.29) is 10.3 Å². The van der Waals surface area contributed by atoms with Crippen molar-refractivity contribution >= 4 is 27.3 Å². The Morgan fingerprint density at radius 3 is 2.50 bits per heavy atom. The van der Waals surface area contributed by atoms with Crippen molar-refractivity contribution < 1.29 is 0 Å². The van der Waals surface area contributed by atoms with Gasteiger partial charge in [0.25, 0.3) is 0 Å². The van der Waals surface area contributed by atoms with Crippen LogP contribution in [0.3, 0.4) is 0 Å². The fourth-order valence-electron chi connectivity index (χ4n) is 1.47. The van der Waals surface area contributed by atoms with Gasteiger partial charge in [-0.1, -0.05) is 41.1 Å². The molecule has 0 unspecified atom stereocenters. The number of hydrogen-bond acceptors (Lipinski definition) is 2. The summed E-state index contributed by atoms with van der Waals surface area (Å²) in [6, 6.07) is 0. The van der Waals surface area contributed by atoms with Gasteiger partial charge >= 0.3 is 4.87 Å². The van der Waals surface area contributed by atoms with Crippen LogP contribution in [-0.4, -0.2) is 9.90 Å². The monoisotopic (exact) mass is 277 g/mol. The zero-order chi connectivity index (χ0) is 10.6. The van der Waals surface area contributed by atoms with Crippen LogP contribution in [0.25, 0.3) is 0 Å². The topological polar surface area (TPSA) is 22.0 Å². The van der Waals surface area contributed by atoms with Gasteiger partial charge < -0.3 is 4.57 Å². The van der Waals surface area contributed by atoms with E-state index in [1.807, 2.05) is 16.1 Å². The molecule has 0 saturated carbocycles. The maximum Gasteiger partial charge on any atom is 0.307 e. The molecule has 0 aliphatic rings. The summed E-state index contributed by atoms with van der Waals surface area (Å²) in [4.78, 5) is 11.6. The molecule has 0 aliphatic heterocycles. The molecule has 0 amide bonds. The second-order valence-corrected chi connectivity index (χ2v) is 5.06. The molecule has 1 heterocycles. The first-order chi connectivity index (χ1) is 6.67. The highest BCUT2D eigenvalue weighted by Crippen LogP contribution is 2.30. The highest BCUT2D eigenvalue weighted by atomic mass is 79.9. The average Bonchev–Trinajstić information content (AvgIpc) is 2.61. The van der Waals surface area contributed by atoms with E-state index >= 15 is 0 Å². The predicted molar refractivity (Wildman–Crippen MR) is 65.4 cm³/mol. The lowest BCUT2D eigenvalue weighted by Gasteiger charge is -2.29. The quantitative estimate of drug-likeness (QED) is 0.758. The number of rotatable bonds is 5. The smallest absolute Gasteiger partial charge is 0.305 e. The van der Waals surface area contributed by atoms with E-state index in [4.69, 9.17) is 0 Å². The van der Waals surface area contributed by atoms with Crippen LogP contribution in [0.15, 0.2) is 16.4 Å². The van der Waals surface area contributed by atoms with E-state index < -0.39 is 0 Å². The van der Waals surface area contributed by atoms with Crippen molar-refractivity contribution in [1.82, 2.24) is 4.57 Å². The van der Waals surface area contributed by atoms with Crippen LogP contribution in [0.4, 0.5) is 0 Å². The van der Waals surface area contributed by atoms with Gasteiger partial charge in [0.1, 0.15) is 0 Å². The van der Waals surface area contributed by atoms with Gasteiger partial charge in [-0.25, -0.2) is 0 Å². The number of thiazole rings is 1. The molecule has 0 N–H and O–H groups in total. The molecule has 0 saturated heterocycles. The molecule has 0 atom stereocenters. The van der Waals surface area contributed by atoms with Gasteiger partial charge in [-0.3, -0.25) is 4.79 Å². The Balaban J connectivity index is 2.84. The molecule has 0 aromatic carbocycles. The molecule has 0 spiro atoms. The highest BCUT2D eigenvalue weighted by Gasteiger charge is 2.25. The fourth-order valence-corrected chi connectivity index (χ4v) is 3.03. The van der Waals surface area contributed by atoms with E-state index in [1.165, 1.54) is 11.3 Å². The van der Waals surface area contributed by atoms with Crippen LogP contribution in [-0.2, 0) is 6.54 Å². The summed E-state index contributed by atoms with van der Waals surface area (Å²) in [5.41, 5.74) is 0.227. The Morgan fingerprint density at radius 2 is 2.14 bits per heavy atom. The Bertz CT molecular complexity index is 319. The molecule has 4 heteroatoms. The van der Waals surface area contributed by atoms with Crippen LogP contribution in [0, 0.1) is 5.41 Å². The summed E-state index contributed by atoms with van der Waals surface area (Å²) >= 11 is 4.82. The third-order valence-corrected chi connectivity index (χ3v) is 4.82. The van der Waals surface area contributed by atoms with E-state index in [2.05, 4.69) is 29.8 Å². The van der Waals surface area contributed by atoms with E-state index in [0.29, 0.717) is 0 Å².